The second kappa shape index (κ2) is 4.19. The lowest BCUT2D eigenvalue weighted by Gasteiger charge is -2.20. The Bertz CT molecular complexity index is 432. The summed E-state index contributed by atoms with van der Waals surface area (Å²) in [7, 11) is 0. The highest BCUT2D eigenvalue weighted by Crippen LogP contribution is 2.29. The van der Waals surface area contributed by atoms with Crippen LogP contribution >= 0.6 is 0 Å². The zero-order valence-corrected chi connectivity index (χ0v) is 8.95. The highest BCUT2D eigenvalue weighted by molar-refractivity contribution is 5.76. The van der Waals surface area contributed by atoms with Gasteiger partial charge in [0.05, 0.1) is 0 Å². The molecule has 0 aliphatic heterocycles. The number of alkyl halides is 3. The van der Waals surface area contributed by atoms with Crippen LogP contribution in [-0.2, 0) is 11.0 Å². The van der Waals surface area contributed by atoms with Crippen LogP contribution < -0.4 is 4.74 Å². The number of carboxylic acids is 1. The number of aromatic nitrogens is 2. The summed E-state index contributed by atoms with van der Waals surface area (Å²) in [6.07, 6.45) is -3.97. The molecule has 0 spiro atoms. The van der Waals surface area contributed by atoms with Crippen molar-refractivity contribution in [2.24, 2.45) is 0 Å². The maximum absolute atomic E-state index is 12.3. The molecular weight excluding hydrogens is 241 g/mol. The van der Waals surface area contributed by atoms with Gasteiger partial charge < -0.3 is 9.84 Å². The second-order valence-electron chi connectivity index (χ2n) is 3.66. The predicted octanol–water partition coefficient (Wildman–Crippen LogP) is 1.74. The van der Waals surface area contributed by atoms with Crippen LogP contribution in [0.5, 0.6) is 5.88 Å². The predicted molar refractivity (Wildman–Crippen MR) is 49.4 cm³/mol. The molecule has 1 N–H and O–H groups in total. The number of hydrogen-bond donors (Lipinski definition) is 1. The van der Waals surface area contributed by atoms with Crippen molar-refractivity contribution >= 4 is 5.97 Å². The van der Waals surface area contributed by atoms with Crippen LogP contribution in [0, 0.1) is 0 Å². The van der Waals surface area contributed by atoms with Gasteiger partial charge in [0.2, 0.25) is 11.5 Å². The van der Waals surface area contributed by atoms with Crippen LogP contribution in [0.2, 0.25) is 0 Å². The van der Waals surface area contributed by atoms with Crippen LogP contribution in [0.3, 0.4) is 0 Å². The fraction of sp³-hybridized carbons (Fsp3) is 0.444. The zero-order chi connectivity index (χ0) is 13.3. The first kappa shape index (κ1) is 13.2. The Morgan fingerprint density at radius 3 is 2.41 bits per heavy atom. The van der Waals surface area contributed by atoms with E-state index in [-0.39, 0.29) is 0 Å². The molecule has 1 rings (SSSR count). The van der Waals surface area contributed by atoms with Crippen LogP contribution in [0.15, 0.2) is 12.4 Å². The Balaban J connectivity index is 2.98. The number of nitrogens with zero attached hydrogens (tertiary/aromatic N) is 2. The molecule has 17 heavy (non-hydrogen) atoms. The van der Waals surface area contributed by atoms with E-state index in [1.165, 1.54) is 13.8 Å². The third-order valence-corrected chi connectivity index (χ3v) is 1.81. The smallest absolute Gasteiger partial charge is 0.433 e. The number of aliphatic carboxylic acids is 1. The van der Waals surface area contributed by atoms with E-state index in [1.54, 1.807) is 0 Å². The standard InChI is InChI=1S/C9H9F3N2O3/c1-8(2,7(15)16)17-6-3-5(9(10,11)12)13-4-14-6/h3-4H,1-2H3,(H,15,16). The number of carbonyl (C=O) groups is 1. The molecular formula is C9H9F3N2O3. The van der Waals surface area contributed by atoms with Gasteiger partial charge in [-0.3, -0.25) is 0 Å². The Morgan fingerprint density at radius 2 is 1.94 bits per heavy atom. The lowest BCUT2D eigenvalue weighted by molar-refractivity contribution is -0.152. The Morgan fingerprint density at radius 1 is 1.35 bits per heavy atom. The van der Waals surface area contributed by atoms with Gasteiger partial charge in [0.25, 0.3) is 0 Å². The number of ether oxygens (including phenoxy) is 1. The van der Waals surface area contributed by atoms with E-state index in [4.69, 9.17) is 9.84 Å². The number of halogens is 3. The average Bonchev–Trinajstić information content (AvgIpc) is 2.15. The molecule has 0 saturated heterocycles. The first-order chi connectivity index (χ1) is 7.63. The van der Waals surface area contributed by atoms with Gasteiger partial charge in [-0.1, -0.05) is 0 Å². The summed E-state index contributed by atoms with van der Waals surface area (Å²) in [6.45, 7) is 2.40. The minimum Gasteiger partial charge on any atom is -0.478 e. The van der Waals surface area contributed by atoms with Crippen LogP contribution in [0.1, 0.15) is 19.5 Å². The topological polar surface area (TPSA) is 72.3 Å². The summed E-state index contributed by atoms with van der Waals surface area (Å²) in [5.41, 5.74) is -2.86. The Labute approximate surface area is 94.3 Å². The third-order valence-electron chi connectivity index (χ3n) is 1.81. The second-order valence-corrected chi connectivity index (χ2v) is 3.66. The van der Waals surface area contributed by atoms with E-state index >= 15 is 0 Å². The van der Waals surface area contributed by atoms with E-state index in [0.29, 0.717) is 12.4 Å². The van der Waals surface area contributed by atoms with Gasteiger partial charge in [0.15, 0.2) is 5.69 Å². The average molecular weight is 250 g/mol. The van der Waals surface area contributed by atoms with Crippen molar-refractivity contribution in [3.8, 4) is 5.88 Å². The molecule has 94 valence electrons. The molecule has 0 aliphatic carbocycles. The van der Waals surface area contributed by atoms with Crippen LogP contribution in [0.25, 0.3) is 0 Å². The van der Waals surface area contributed by atoms with Crippen LogP contribution in [0.4, 0.5) is 13.2 Å². The van der Waals surface area contributed by atoms with E-state index in [1.807, 2.05) is 0 Å². The number of carboxylic acid groups (broad SMARTS) is 1. The van der Waals surface area contributed by atoms with Crippen molar-refractivity contribution in [2.75, 3.05) is 0 Å². The van der Waals surface area contributed by atoms with Crippen molar-refractivity contribution < 1.29 is 27.8 Å². The maximum Gasteiger partial charge on any atom is 0.433 e. The van der Waals surface area contributed by atoms with E-state index in [2.05, 4.69) is 9.97 Å². The summed E-state index contributed by atoms with van der Waals surface area (Å²) in [5.74, 6) is -1.76. The van der Waals surface area contributed by atoms with Gasteiger partial charge in [0.1, 0.15) is 6.33 Å². The van der Waals surface area contributed by atoms with Gasteiger partial charge in [0, 0.05) is 6.07 Å². The van der Waals surface area contributed by atoms with Crippen molar-refractivity contribution in [1.82, 2.24) is 9.97 Å². The lowest BCUT2D eigenvalue weighted by Crippen LogP contribution is -2.38. The van der Waals surface area contributed by atoms with E-state index in [9.17, 15) is 18.0 Å². The van der Waals surface area contributed by atoms with Gasteiger partial charge in [-0.05, 0) is 13.8 Å². The first-order valence-electron chi connectivity index (χ1n) is 4.44. The normalized spacial score (nSPS) is 12.3. The number of hydrogen-bond acceptors (Lipinski definition) is 4. The number of rotatable bonds is 3. The highest BCUT2D eigenvalue weighted by atomic mass is 19.4. The molecule has 0 fully saturated rings. The maximum atomic E-state index is 12.3. The minimum absolute atomic E-state index is 0.445. The molecule has 0 amide bonds. The third kappa shape index (κ3) is 3.30. The summed E-state index contributed by atoms with van der Waals surface area (Å²) < 4.78 is 41.7. The molecule has 0 unspecified atom stereocenters. The van der Waals surface area contributed by atoms with Gasteiger partial charge in [-0.25, -0.2) is 14.8 Å². The molecule has 0 radical (unpaired) electrons. The molecule has 5 nitrogen and oxygen atoms in total. The lowest BCUT2D eigenvalue weighted by atomic mass is 10.1. The highest BCUT2D eigenvalue weighted by Gasteiger charge is 2.35. The van der Waals surface area contributed by atoms with Crippen molar-refractivity contribution in [1.29, 1.82) is 0 Å². The fourth-order valence-corrected chi connectivity index (χ4v) is 0.855. The van der Waals surface area contributed by atoms with E-state index in [0.717, 1.165) is 0 Å². The summed E-state index contributed by atoms with van der Waals surface area (Å²) >= 11 is 0. The van der Waals surface area contributed by atoms with Crippen molar-refractivity contribution in [3.63, 3.8) is 0 Å². The summed E-state index contributed by atoms with van der Waals surface area (Å²) in [5, 5.41) is 8.74. The molecule has 1 aromatic rings. The quantitative estimate of drug-likeness (QED) is 0.884. The molecule has 8 heteroatoms. The Kier molecular flexibility index (Phi) is 3.25. The van der Waals surface area contributed by atoms with Gasteiger partial charge in [-0.15, -0.1) is 0 Å². The molecule has 0 saturated carbocycles. The fourth-order valence-electron chi connectivity index (χ4n) is 0.855. The van der Waals surface area contributed by atoms with Gasteiger partial charge in [-0.2, -0.15) is 13.2 Å². The first-order valence-corrected chi connectivity index (χ1v) is 4.44. The molecule has 0 atom stereocenters. The monoisotopic (exact) mass is 250 g/mol. The molecule has 0 aromatic carbocycles. The van der Waals surface area contributed by atoms with Crippen LogP contribution in [-0.4, -0.2) is 26.6 Å². The summed E-state index contributed by atoms with van der Waals surface area (Å²) in [6, 6.07) is 0.546. The molecule has 1 aromatic heterocycles. The Hall–Kier alpha value is -1.86. The zero-order valence-electron chi connectivity index (χ0n) is 8.95. The SMILES string of the molecule is CC(C)(Oc1cc(C(F)(F)F)ncn1)C(=O)O. The van der Waals surface area contributed by atoms with Crippen molar-refractivity contribution in [2.45, 2.75) is 25.6 Å². The minimum atomic E-state index is -4.63. The molecule has 0 bridgehead atoms. The molecule has 0 aliphatic rings. The molecule has 1 heterocycles. The van der Waals surface area contributed by atoms with E-state index < -0.39 is 29.3 Å². The van der Waals surface area contributed by atoms with Crippen molar-refractivity contribution in [3.05, 3.63) is 18.1 Å². The van der Waals surface area contributed by atoms with Gasteiger partial charge >= 0.3 is 12.1 Å². The largest absolute Gasteiger partial charge is 0.478 e. The summed E-state index contributed by atoms with van der Waals surface area (Å²) in [4.78, 5) is 17.2.